The Morgan fingerprint density at radius 3 is 2.38 bits per heavy atom. The van der Waals surface area contributed by atoms with Crippen LogP contribution in [0.1, 0.15) is 40.2 Å². The fourth-order valence-electron chi connectivity index (χ4n) is 5.50. The van der Waals surface area contributed by atoms with Gasteiger partial charge in [-0.1, -0.05) is 24.3 Å². The van der Waals surface area contributed by atoms with E-state index in [1.807, 2.05) is 0 Å². The van der Waals surface area contributed by atoms with Gasteiger partial charge < -0.3 is 14.8 Å². The number of nitrogens with zero attached hydrogens (tertiary/aromatic N) is 4. The Bertz CT molecular complexity index is 1680. The third kappa shape index (κ3) is 7.41. The van der Waals surface area contributed by atoms with Crippen molar-refractivity contribution in [2.24, 2.45) is 0 Å². The van der Waals surface area contributed by atoms with Crippen molar-refractivity contribution in [1.82, 2.24) is 24.8 Å². The van der Waals surface area contributed by atoms with Gasteiger partial charge in [-0.05, 0) is 47.6 Å². The zero-order chi connectivity index (χ0) is 32.4. The molecule has 3 heterocycles. The van der Waals surface area contributed by atoms with Crippen LogP contribution in [-0.2, 0) is 22.6 Å². The minimum Gasteiger partial charge on any atom is -0.344 e. The lowest BCUT2D eigenvalue weighted by Gasteiger charge is -2.32. The Morgan fingerprint density at radius 2 is 1.71 bits per heavy atom. The molecule has 8 nitrogen and oxygen atoms in total. The van der Waals surface area contributed by atoms with E-state index in [2.05, 4.69) is 14.7 Å². The molecule has 0 aliphatic carbocycles. The number of hydrogen-bond acceptors (Lipinski definition) is 5. The van der Waals surface area contributed by atoms with E-state index >= 15 is 0 Å². The Balaban J connectivity index is 1.36. The molecule has 1 saturated heterocycles. The molecule has 2 amide bonds. The maximum atomic E-state index is 14.8. The number of ether oxygens (including phenoxy) is 1. The summed E-state index contributed by atoms with van der Waals surface area (Å²) in [5, 5.41) is 2.27. The van der Waals surface area contributed by atoms with Crippen molar-refractivity contribution in [2.75, 3.05) is 19.7 Å². The maximum absolute atomic E-state index is 14.8. The van der Waals surface area contributed by atoms with Crippen LogP contribution in [0.4, 0.5) is 30.7 Å². The smallest absolute Gasteiger partial charge is 0.344 e. The van der Waals surface area contributed by atoms with Crippen LogP contribution in [0.2, 0.25) is 0 Å². The number of rotatable bonds is 8. The van der Waals surface area contributed by atoms with Crippen molar-refractivity contribution >= 4 is 22.7 Å². The van der Waals surface area contributed by atoms with Gasteiger partial charge in [-0.25, -0.2) is 14.4 Å². The van der Waals surface area contributed by atoms with Gasteiger partial charge in [-0.2, -0.15) is 13.2 Å². The van der Waals surface area contributed by atoms with Crippen LogP contribution in [0, 0.1) is 5.82 Å². The molecule has 1 N–H and O–H groups in total. The molecule has 5 rings (SSSR count). The summed E-state index contributed by atoms with van der Waals surface area (Å²) in [6, 6.07) is 8.99. The number of likely N-dealkylation sites (tertiary alicyclic amines) is 1. The molecule has 0 unspecified atom stereocenters. The second-order valence-electron chi connectivity index (χ2n) is 10.5. The van der Waals surface area contributed by atoms with Gasteiger partial charge >= 0.3 is 18.4 Å². The van der Waals surface area contributed by atoms with Gasteiger partial charge in [0.25, 0.3) is 5.91 Å². The fourth-order valence-corrected chi connectivity index (χ4v) is 5.50. The number of nitrogens with one attached hydrogen (secondary N) is 1. The van der Waals surface area contributed by atoms with Crippen molar-refractivity contribution in [2.45, 2.75) is 44.4 Å². The molecule has 0 bridgehead atoms. The summed E-state index contributed by atoms with van der Waals surface area (Å²) >= 11 is 0. The third-order valence-corrected chi connectivity index (χ3v) is 7.60. The molecule has 45 heavy (non-hydrogen) atoms. The number of carbonyl (C=O) groups excluding carboxylic acids is 2. The lowest BCUT2D eigenvalue weighted by Crippen LogP contribution is -2.38. The first-order valence-electron chi connectivity index (χ1n) is 13.8. The predicted molar refractivity (Wildman–Crippen MR) is 147 cm³/mol. The molecule has 1 fully saturated rings. The zero-order valence-corrected chi connectivity index (χ0v) is 23.5. The van der Waals surface area contributed by atoms with E-state index in [1.54, 1.807) is 40.8 Å². The summed E-state index contributed by atoms with van der Waals surface area (Å²) in [6.45, 7) is -0.846. The normalized spacial score (nSPS) is 14.6. The van der Waals surface area contributed by atoms with E-state index in [0.29, 0.717) is 40.4 Å². The van der Waals surface area contributed by atoms with E-state index in [4.69, 9.17) is 0 Å². The number of benzene rings is 2. The fraction of sp³-hybridized carbons (Fsp3) is 0.333. The van der Waals surface area contributed by atoms with Crippen molar-refractivity contribution in [3.63, 3.8) is 0 Å². The van der Waals surface area contributed by atoms with Gasteiger partial charge in [0.15, 0.2) is 0 Å². The second-order valence-corrected chi connectivity index (χ2v) is 10.5. The molecule has 4 aromatic rings. The first-order valence-corrected chi connectivity index (χ1v) is 13.8. The van der Waals surface area contributed by atoms with E-state index in [-0.39, 0.29) is 42.6 Å². The highest BCUT2D eigenvalue weighted by Gasteiger charge is 2.38. The van der Waals surface area contributed by atoms with Crippen LogP contribution in [0.5, 0.6) is 0 Å². The average Bonchev–Trinajstić information content (AvgIpc) is 3.38. The third-order valence-electron chi connectivity index (χ3n) is 7.60. The molecule has 2 aromatic heterocycles. The summed E-state index contributed by atoms with van der Waals surface area (Å²) in [4.78, 5) is 34.7. The lowest BCUT2D eigenvalue weighted by atomic mass is 9.88. The van der Waals surface area contributed by atoms with Gasteiger partial charge in [-0.15, -0.1) is 13.2 Å². The van der Waals surface area contributed by atoms with Gasteiger partial charge in [0.05, 0.1) is 12.2 Å². The van der Waals surface area contributed by atoms with Gasteiger partial charge in [0.1, 0.15) is 12.1 Å². The van der Waals surface area contributed by atoms with Crippen LogP contribution in [0.25, 0.3) is 22.0 Å². The minimum absolute atomic E-state index is 0.181. The van der Waals surface area contributed by atoms with E-state index in [9.17, 15) is 40.3 Å². The van der Waals surface area contributed by atoms with Gasteiger partial charge in [0, 0.05) is 61.2 Å². The van der Waals surface area contributed by atoms with E-state index in [1.165, 1.54) is 29.2 Å². The van der Waals surface area contributed by atoms with Gasteiger partial charge in [-0.3, -0.25) is 14.3 Å². The molecule has 0 radical (unpaired) electrons. The largest absolute Gasteiger partial charge is 0.522 e. The maximum Gasteiger partial charge on any atom is 0.522 e. The molecule has 1 aliphatic heterocycles. The summed E-state index contributed by atoms with van der Waals surface area (Å²) < 4.78 is 95.9. The average molecular weight is 638 g/mol. The van der Waals surface area contributed by atoms with Crippen LogP contribution < -0.4 is 5.32 Å². The Morgan fingerprint density at radius 1 is 1.00 bits per heavy atom. The van der Waals surface area contributed by atoms with Crippen LogP contribution in [0.15, 0.2) is 61.3 Å². The first-order chi connectivity index (χ1) is 21.3. The van der Waals surface area contributed by atoms with E-state index in [0.717, 1.165) is 6.07 Å². The summed E-state index contributed by atoms with van der Waals surface area (Å²) in [6.07, 6.45) is -3.21. The molecule has 1 aliphatic rings. The van der Waals surface area contributed by atoms with Crippen molar-refractivity contribution in [3.8, 4) is 11.1 Å². The molecule has 238 valence electrons. The number of hydrogen-bond donors (Lipinski definition) is 1. The molecule has 0 atom stereocenters. The second kappa shape index (κ2) is 12.8. The number of carbonyl (C=O) groups is 2. The standard InChI is InChI=1S/C30H26F7N5O3/c31-24-5-4-18(13-40-28(44)29(32,33)34)12-22(24)19-6-8-41(9-7-19)27(43)23-16-42(10-11-45-30(35,36)37)25-3-1-2-21(26(23)25)20-14-38-17-39-15-20/h1-5,12,14-17,19H,6-11,13H2,(H,40,44). The first kappa shape index (κ1) is 31.9. The molecule has 2 aromatic carbocycles. The number of piperidine rings is 1. The molecular formula is C30H26F7N5O3. The SMILES string of the molecule is O=C(c1cn(CCOC(F)(F)F)c2cccc(-c3cncnc3)c12)N1CCC(c2cc(CNC(=O)C(F)(F)F)ccc2F)CC1. The number of amides is 2. The number of alkyl halides is 6. The highest BCUT2D eigenvalue weighted by Crippen LogP contribution is 2.35. The summed E-state index contributed by atoms with van der Waals surface area (Å²) in [7, 11) is 0. The van der Waals surface area contributed by atoms with Crippen LogP contribution in [-0.4, -0.2) is 63.5 Å². The number of halogens is 7. The molecule has 0 saturated carbocycles. The Hall–Kier alpha value is -4.53. The molecule has 0 spiro atoms. The number of aromatic nitrogens is 3. The highest BCUT2D eigenvalue weighted by molar-refractivity contribution is 6.12. The Labute approximate surface area is 251 Å². The predicted octanol–water partition coefficient (Wildman–Crippen LogP) is 5.97. The molecule has 15 heteroatoms. The Kier molecular flexibility index (Phi) is 9.09. The monoisotopic (exact) mass is 637 g/mol. The highest BCUT2D eigenvalue weighted by atomic mass is 19.4. The van der Waals surface area contributed by atoms with Crippen molar-refractivity contribution < 1.29 is 45.1 Å². The van der Waals surface area contributed by atoms with Crippen molar-refractivity contribution in [3.05, 3.63) is 83.8 Å². The van der Waals surface area contributed by atoms with Crippen LogP contribution in [0.3, 0.4) is 0 Å². The number of fused-ring (bicyclic) bond motifs is 1. The minimum atomic E-state index is -5.04. The summed E-state index contributed by atoms with van der Waals surface area (Å²) in [5.74, 6) is -3.37. The quantitative estimate of drug-likeness (QED) is 0.241. The molecular weight excluding hydrogens is 611 g/mol. The lowest BCUT2D eigenvalue weighted by molar-refractivity contribution is -0.325. The topological polar surface area (TPSA) is 89.3 Å². The van der Waals surface area contributed by atoms with E-state index < -0.39 is 37.4 Å². The van der Waals surface area contributed by atoms with Gasteiger partial charge in [0.2, 0.25) is 0 Å². The van der Waals surface area contributed by atoms with Crippen molar-refractivity contribution in [1.29, 1.82) is 0 Å². The van der Waals surface area contributed by atoms with Crippen LogP contribution >= 0.6 is 0 Å². The summed E-state index contributed by atoms with van der Waals surface area (Å²) in [5.41, 5.74) is 2.54. The zero-order valence-electron chi connectivity index (χ0n) is 23.5.